The second kappa shape index (κ2) is 8.58. The molecule has 0 saturated heterocycles. The molecule has 3 aromatic heterocycles. The van der Waals surface area contributed by atoms with Gasteiger partial charge in [-0.05, 0) is 36.4 Å². The highest BCUT2D eigenvalue weighted by molar-refractivity contribution is 5.90. The Hall–Kier alpha value is -4.08. The predicted molar refractivity (Wildman–Crippen MR) is 113 cm³/mol. The summed E-state index contributed by atoms with van der Waals surface area (Å²) in [6.07, 6.45) is 0.703. The number of hydrogen-bond acceptors (Lipinski definition) is 4. The van der Waals surface area contributed by atoms with Crippen LogP contribution in [-0.4, -0.2) is 40.2 Å². The van der Waals surface area contributed by atoms with E-state index in [9.17, 15) is 18.0 Å². The lowest BCUT2D eigenvalue weighted by molar-refractivity contribution is -0.122. The molecule has 164 valence electrons. The molecule has 1 aromatic carbocycles. The molecule has 4 aromatic rings. The molecule has 0 aliphatic carbocycles. The highest BCUT2D eigenvalue weighted by Crippen LogP contribution is 2.26. The van der Waals surface area contributed by atoms with Gasteiger partial charge in [0.05, 0.1) is 30.9 Å². The van der Waals surface area contributed by atoms with Crippen LogP contribution in [0, 0.1) is 0 Å². The predicted octanol–water partition coefficient (Wildman–Crippen LogP) is 4.76. The van der Waals surface area contributed by atoms with Crippen LogP contribution in [-0.2, 0) is 0 Å². The maximum Gasteiger partial charge on any atom is 0.405 e. The number of carbonyl (C=O) groups excluding carboxylic acids is 1. The minimum Gasteiger partial charge on any atom is -0.495 e. The van der Waals surface area contributed by atoms with Crippen LogP contribution in [0.2, 0.25) is 0 Å². The number of rotatable bonds is 5. The van der Waals surface area contributed by atoms with Crippen LogP contribution in [0.15, 0.2) is 67.1 Å². The van der Waals surface area contributed by atoms with E-state index in [4.69, 9.17) is 4.74 Å². The van der Waals surface area contributed by atoms with Crippen molar-refractivity contribution < 1.29 is 22.7 Å². The average molecular weight is 441 g/mol. The molecule has 2 amide bonds. The molecule has 10 heteroatoms. The second-order valence-corrected chi connectivity index (χ2v) is 6.87. The van der Waals surface area contributed by atoms with E-state index < -0.39 is 18.8 Å². The standard InChI is InChI=1S/C22H18F3N5O2/c1-32-17-5-6-18(26-11-17)14-7-8-30-19(12-27-20(30)10-14)15-3-2-4-16(9-15)29-21(31)28-13-22(23,24)25/h2-12H,13H2,1H3,(H2,28,29,31). The van der Waals surface area contributed by atoms with Crippen molar-refractivity contribution in [3.8, 4) is 28.3 Å². The summed E-state index contributed by atoms with van der Waals surface area (Å²) in [5, 5.41) is 4.18. The first-order chi connectivity index (χ1) is 15.3. The Bertz CT molecular complexity index is 1250. The van der Waals surface area contributed by atoms with E-state index in [2.05, 4.69) is 15.3 Å². The van der Waals surface area contributed by atoms with Gasteiger partial charge >= 0.3 is 12.2 Å². The smallest absolute Gasteiger partial charge is 0.405 e. The first-order valence-corrected chi connectivity index (χ1v) is 9.52. The Balaban J connectivity index is 1.56. The minimum atomic E-state index is -4.48. The van der Waals surface area contributed by atoms with Gasteiger partial charge in [-0.15, -0.1) is 0 Å². The molecule has 0 fully saturated rings. The number of nitrogens with zero attached hydrogens (tertiary/aromatic N) is 3. The third kappa shape index (κ3) is 4.80. The van der Waals surface area contributed by atoms with E-state index in [0.29, 0.717) is 17.1 Å². The van der Waals surface area contributed by atoms with Crippen LogP contribution in [0.5, 0.6) is 5.75 Å². The molecule has 0 aliphatic rings. The molecule has 4 rings (SSSR count). The van der Waals surface area contributed by atoms with Crippen LogP contribution in [0.1, 0.15) is 0 Å². The second-order valence-electron chi connectivity index (χ2n) is 6.87. The van der Waals surface area contributed by atoms with Gasteiger partial charge in [0.1, 0.15) is 17.9 Å². The summed E-state index contributed by atoms with van der Waals surface area (Å²) < 4.78 is 43.8. The van der Waals surface area contributed by atoms with E-state index in [1.165, 1.54) is 0 Å². The molecule has 0 unspecified atom stereocenters. The van der Waals surface area contributed by atoms with Crippen LogP contribution in [0.25, 0.3) is 28.2 Å². The van der Waals surface area contributed by atoms with Gasteiger partial charge in [-0.1, -0.05) is 12.1 Å². The molecule has 0 atom stereocenters. The van der Waals surface area contributed by atoms with Gasteiger partial charge in [-0.25, -0.2) is 9.78 Å². The first kappa shape index (κ1) is 21.2. The van der Waals surface area contributed by atoms with Crippen molar-refractivity contribution in [1.29, 1.82) is 0 Å². The van der Waals surface area contributed by atoms with Crippen molar-refractivity contribution in [1.82, 2.24) is 19.7 Å². The summed E-state index contributed by atoms with van der Waals surface area (Å²) in [5.41, 5.74) is 4.20. The molecule has 0 radical (unpaired) electrons. The van der Waals surface area contributed by atoms with Crippen molar-refractivity contribution in [2.24, 2.45) is 0 Å². The van der Waals surface area contributed by atoms with Crippen LogP contribution in [0.4, 0.5) is 23.7 Å². The van der Waals surface area contributed by atoms with Crippen LogP contribution < -0.4 is 15.4 Å². The van der Waals surface area contributed by atoms with Gasteiger partial charge in [-0.3, -0.25) is 9.38 Å². The zero-order chi connectivity index (χ0) is 22.7. The lowest BCUT2D eigenvalue weighted by Gasteiger charge is -2.11. The number of imidazole rings is 1. The number of urea groups is 1. The third-order valence-electron chi connectivity index (χ3n) is 4.65. The highest BCUT2D eigenvalue weighted by Gasteiger charge is 2.27. The van der Waals surface area contributed by atoms with Gasteiger partial charge in [0.15, 0.2) is 0 Å². The lowest BCUT2D eigenvalue weighted by atomic mass is 10.1. The summed E-state index contributed by atoms with van der Waals surface area (Å²) in [4.78, 5) is 20.6. The number of ether oxygens (including phenoxy) is 1. The van der Waals surface area contributed by atoms with Crippen molar-refractivity contribution in [2.45, 2.75) is 6.18 Å². The van der Waals surface area contributed by atoms with Crippen LogP contribution >= 0.6 is 0 Å². The van der Waals surface area contributed by atoms with Crippen molar-refractivity contribution in [3.63, 3.8) is 0 Å². The number of methoxy groups -OCH3 is 1. The normalized spacial score (nSPS) is 11.4. The molecule has 0 aliphatic heterocycles. The van der Waals surface area contributed by atoms with Gasteiger partial charge < -0.3 is 15.4 Å². The molecule has 2 N–H and O–H groups in total. The fourth-order valence-corrected chi connectivity index (χ4v) is 3.14. The van der Waals surface area contributed by atoms with E-state index in [1.807, 2.05) is 40.9 Å². The van der Waals surface area contributed by atoms with E-state index in [1.54, 1.807) is 43.0 Å². The number of aromatic nitrogens is 3. The summed E-state index contributed by atoms with van der Waals surface area (Å²) in [7, 11) is 1.58. The average Bonchev–Trinajstić information content (AvgIpc) is 3.21. The Morgan fingerprint density at radius 1 is 1.06 bits per heavy atom. The number of alkyl halides is 3. The van der Waals surface area contributed by atoms with Crippen molar-refractivity contribution >= 4 is 17.4 Å². The molecule has 0 saturated carbocycles. The number of hydrogen-bond donors (Lipinski definition) is 2. The van der Waals surface area contributed by atoms with Crippen LogP contribution in [0.3, 0.4) is 0 Å². The third-order valence-corrected chi connectivity index (χ3v) is 4.65. The molecule has 0 bridgehead atoms. The number of anilines is 1. The summed E-state index contributed by atoms with van der Waals surface area (Å²) in [6, 6.07) is 13.3. The summed E-state index contributed by atoms with van der Waals surface area (Å²) >= 11 is 0. The molecule has 32 heavy (non-hydrogen) atoms. The fourth-order valence-electron chi connectivity index (χ4n) is 3.14. The maximum absolute atomic E-state index is 12.3. The monoisotopic (exact) mass is 441 g/mol. The maximum atomic E-state index is 12.3. The fraction of sp³-hybridized carbons (Fsp3) is 0.136. The topological polar surface area (TPSA) is 80.5 Å². The lowest BCUT2D eigenvalue weighted by Crippen LogP contribution is -2.36. The zero-order valence-electron chi connectivity index (χ0n) is 16.8. The van der Waals surface area contributed by atoms with E-state index in [0.717, 1.165) is 22.5 Å². The molecule has 7 nitrogen and oxygen atoms in total. The minimum absolute atomic E-state index is 0.358. The highest BCUT2D eigenvalue weighted by atomic mass is 19.4. The summed E-state index contributed by atoms with van der Waals surface area (Å²) in [5.74, 6) is 0.665. The number of benzene rings is 1. The number of pyridine rings is 2. The number of halogens is 3. The van der Waals surface area contributed by atoms with Gasteiger partial charge in [0.25, 0.3) is 0 Å². The van der Waals surface area contributed by atoms with Gasteiger partial charge in [0.2, 0.25) is 0 Å². The number of carbonyl (C=O) groups is 1. The van der Waals surface area contributed by atoms with Crippen molar-refractivity contribution in [2.75, 3.05) is 19.0 Å². The largest absolute Gasteiger partial charge is 0.495 e. The zero-order valence-corrected chi connectivity index (χ0v) is 16.8. The molecule has 0 spiro atoms. The SMILES string of the molecule is COc1ccc(-c2ccn3c(-c4cccc(NC(=O)NCC(F)(F)F)c4)cnc3c2)nc1. The Kier molecular flexibility index (Phi) is 5.67. The molecule has 3 heterocycles. The number of nitrogens with one attached hydrogen (secondary N) is 2. The molecular weight excluding hydrogens is 423 g/mol. The number of amides is 2. The van der Waals surface area contributed by atoms with Gasteiger partial charge in [-0.2, -0.15) is 13.2 Å². The number of fused-ring (bicyclic) bond motifs is 1. The van der Waals surface area contributed by atoms with Crippen molar-refractivity contribution in [3.05, 3.63) is 67.1 Å². The Morgan fingerprint density at radius 3 is 2.62 bits per heavy atom. The quantitative estimate of drug-likeness (QED) is 0.468. The van der Waals surface area contributed by atoms with E-state index >= 15 is 0 Å². The summed E-state index contributed by atoms with van der Waals surface area (Å²) in [6.45, 7) is -1.41. The Labute approximate surface area is 180 Å². The molecular formula is C22H18F3N5O2. The van der Waals surface area contributed by atoms with E-state index in [-0.39, 0.29) is 0 Å². The Morgan fingerprint density at radius 2 is 1.91 bits per heavy atom. The first-order valence-electron chi connectivity index (χ1n) is 9.52. The van der Waals surface area contributed by atoms with Gasteiger partial charge in [0, 0.05) is 23.0 Å².